The average molecular weight is 415 g/mol. The number of carbonyl (C=O) groups excluding carboxylic acids is 2. The monoisotopic (exact) mass is 414 g/mol. The molecule has 144 valence electrons. The van der Waals surface area contributed by atoms with E-state index in [1.54, 1.807) is 0 Å². The second kappa shape index (κ2) is 7.82. The van der Waals surface area contributed by atoms with Crippen LogP contribution < -0.4 is 10.6 Å². The van der Waals surface area contributed by atoms with E-state index in [9.17, 15) is 9.59 Å². The number of aryl methyl sites for hydroxylation is 4. The minimum atomic E-state index is -0.529. The summed E-state index contributed by atoms with van der Waals surface area (Å²) in [4.78, 5) is 25.6. The van der Waals surface area contributed by atoms with Crippen LogP contribution >= 0.6 is 23.2 Å². The van der Waals surface area contributed by atoms with Gasteiger partial charge in [0.05, 0.1) is 0 Å². The normalized spacial score (nSPS) is 14.6. The second-order valence-electron chi connectivity index (χ2n) is 6.92. The summed E-state index contributed by atoms with van der Waals surface area (Å²) in [6, 6.07) is 11.4. The Morgan fingerprint density at radius 3 is 1.32 bits per heavy atom. The van der Waals surface area contributed by atoms with Crippen LogP contribution in [0, 0.1) is 27.7 Å². The first-order valence-electron chi connectivity index (χ1n) is 8.76. The van der Waals surface area contributed by atoms with Gasteiger partial charge in [0.25, 0.3) is 0 Å². The molecular formula is C22H20Cl2N2O2. The summed E-state index contributed by atoms with van der Waals surface area (Å²) in [6.07, 6.45) is 0. The maximum Gasteiger partial charge on any atom is 0.224 e. The molecule has 0 aromatic heterocycles. The molecule has 0 spiro atoms. The third-order valence-electron chi connectivity index (χ3n) is 4.57. The largest absolute Gasteiger partial charge is 0.351 e. The van der Waals surface area contributed by atoms with Gasteiger partial charge in [-0.05, 0) is 51.0 Å². The van der Waals surface area contributed by atoms with Gasteiger partial charge in [-0.25, -0.2) is 0 Å². The molecule has 28 heavy (non-hydrogen) atoms. The summed E-state index contributed by atoms with van der Waals surface area (Å²) in [5.41, 5.74) is 5.38. The van der Waals surface area contributed by atoms with Gasteiger partial charge in [0, 0.05) is 11.4 Å². The Morgan fingerprint density at radius 1 is 0.643 bits per heavy atom. The SMILES string of the molecule is Cc1ccc(NC2=C(Cl)C(=O)C(Nc3ccc(C)cc3C)=C(Cl)C2=O)c(C)c1. The Labute approximate surface area is 174 Å². The molecule has 0 saturated heterocycles. The van der Waals surface area contributed by atoms with Crippen LogP contribution in [0.5, 0.6) is 0 Å². The number of carbonyl (C=O) groups is 2. The van der Waals surface area contributed by atoms with Crippen LogP contribution in [0.15, 0.2) is 57.9 Å². The Kier molecular flexibility index (Phi) is 5.64. The number of rotatable bonds is 4. The number of ketones is 2. The highest BCUT2D eigenvalue weighted by Crippen LogP contribution is 2.32. The van der Waals surface area contributed by atoms with E-state index in [1.807, 2.05) is 64.1 Å². The van der Waals surface area contributed by atoms with Gasteiger partial charge in [0.15, 0.2) is 0 Å². The fraction of sp³-hybridized carbons (Fsp3) is 0.182. The predicted molar refractivity (Wildman–Crippen MR) is 115 cm³/mol. The van der Waals surface area contributed by atoms with Crippen molar-refractivity contribution in [2.45, 2.75) is 27.7 Å². The van der Waals surface area contributed by atoms with E-state index in [0.717, 1.165) is 22.3 Å². The minimum Gasteiger partial charge on any atom is -0.351 e. The zero-order chi connectivity index (χ0) is 20.6. The van der Waals surface area contributed by atoms with Crippen LogP contribution in [0.2, 0.25) is 0 Å². The molecule has 0 amide bonds. The van der Waals surface area contributed by atoms with Crippen molar-refractivity contribution in [3.05, 3.63) is 80.1 Å². The van der Waals surface area contributed by atoms with E-state index < -0.39 is 11.6 Å². The minimum absolute atomic E-state index is 0.0187. The Balaban J connectivity index is 1.94. The Bertz CT molecular complexity index is 983. The Morgan fingerprint density at radius 2 is 1.00 bits per heavy atom. The number of halogens is 2. The first kappa shape index (κ1) is 20.2. The number of hydrogen-bond acceptors (Lipinski definition) is 4. The number of hydrogen-bond donors (Lipinski definition) is 2. The zero-order valence-corrected chi connectivity index (χ0v) is 17.5. The van der Waals surface area contributed by atoms with Crippen molar-refractivity contribution in [2.24, 2.45) is 0 Å². The number of nitrogens with one attached hydrogen (secondary N) is 2. The van der Waals surface area contributed by atoms with Gasteiger partial charge in [-0.2, -0.15) is 0 Å². The highest BCUT2D eigenvalue weighted by Gasteiger charge is 2.34. The van der Waals surface area contributed by atoms with Crippen molar-refractivity contribution in [2.75, 3.05) is 10.6 Å². The van der Waals surface area contributed by atoms with E-state index in [2.05, 4.69) is 10.6 Å². The third kappa shape index (κ3) is 3.84. The lowest BCUT2D eigenvalue weighted by molar-refractivity contribution is -0.115. The van der Waals surface area contributed by atoms with Crippen molar-refractivity contribution in [1.82, 2.24) is 0 Å². The van der Waals surface area contributed by atoms with E-state index in [-0.39, 0.29) is 21.5 Å². The number of anilines is 2. The zero-order valence-electron chi connectivity index (χ0n) is 16.0. The van der Waals surface area contributed by atoms with Crippen LogP contribution in [0.3, 0.4) is 0 Å². The van der Waals surface area contributed by atoms with Crippen LogP contribution in [0.1, 0.15) is 22.3 Å². The molecule has 6 heteroatoms. The number of benzene rings is 2. The first-order chi connectivity index (χ1) is 13.2. The maximum absolute atomic E-state index is 12.8. The summed E-state index contributed by atoms with van der Waals surface area (Å²) >= 11 is 12.5. The lowest BCUT2D eigenvalue weighted by Gasteiger charge is -2.21. The first-order valence-corrected chi connectivity index (χ1v) is 9.52. The lowest BCUT2D eigenvalue weighted by atomic mass is 10.0. The smallest absolute Gasteiger partial charge is 0.224 e. The standard InChI is InChI=1S/C22H20Cl2N2O2/c1-11-5-7-15(13(3)9-11)25-19-17(23)22(28)20(18(24)21(19)27)26-16-8-6-12(2)10-14(16)4/h5-10,25-26H,1-4H3. The van der Waals surface area contributed by atoms with Crippen LogP contribution in [0.4, 0.5) is 11.4 Å². The molecule has 0 heterocycles. The van der Waals surface area contributed by atoms with Crippen molar-refractivity contribution in [3.8, 4) is 0 Å². The maximum atomic E-state index is 12.8. The fourth-order valence-corrected chi connectivity index (χ4v) is 3.50. The van der Waals surface area contributed by atoms with E-state index in [4.69, 9.17) is 23.2 Å². The van der Waals surface area contributed by atoms with Crippen LogP contribution in [-0.4, -0.2) is 11.6 Å². The fourth-order valence-electron chi connectivity index (χ4n) is 3.05. The molecule has 0 bridgehead atoms. The summed E-state index contributed by atoms with van der Waals surface area (Å²) in [5, 5.41) is 5.56. The quantitative estimate of drug-likeness (QED) is 0.648. The third-order valence-corrected chi connectivity index (χ3v) is 5.30. The topological polar surface area (TPSA) is 58.2 Å². The molecule has 3 rings (SSSR count). The Hall–Kier alpha value is -2.56. The average Bonchev–Trinajstić information content (AvgIpc) is 2.64. The molecule has 1 aliphatic rings. The molecule has 2 N–H and O–H groups in total. The highest BCUT2D eigenvalue weighted by molar-refractivity contribution is 6.56. The number of allylic oxidation sites excluding steroid dienone is 2. The molecule has 4 nitrogen and oxygen atoms in total. The summed E-state index contributed by atoms with van der Waals surface area (Å²) < 4.78 is 0. The summed E-state index contributed by atoms with van der Waals surface area (Å²) in [6.45, 7) is 7.76. The predicted octanol–water partition coefficient (Wildman–Crippen LogP) is 5.50. The molecule has 2 aromatic carbocycles. The van der Waals surface area contributed by atoms with Crippen molar-refractivity contribution < 1.29 is 9.59 Å². The number of Topliss-reactive ketones (excluding diaryl/α,β-unsaturated/α-hetero) is 2. The molecule has 0 unspecified atom stereocenters. The van der Waals surface area contributed by atoms with E-state index in [1.165, 1.54) is 0 Å². The van der Waals surface area contributed by atoms with Gasteiger partial charge in [-0.3, -0.25) is 9.59 Å². The van der Waals surface area contributed by atoms with Crippen LogP contribution in [0.25, 0.3) is 0 Å². The summed E-state index contributed by atoms with van der Waals surface area (Å²) in [5.74, 6) is -1.06. The molecule has 0 aliphatic heterocycles. The van der Waals surface area contributed by atoms with Crippen LogP contribution in [-0.2, 0) is 9.59 Å². The molecular weight excluding hydrogens is 395 g/mol. The van der Waals surface area contributed by atoms with Crippen molar-refractivity contribution in [3.63, 3.8) is 0 Å². The van der Waals surface area contributed by atoms with E-state index in [0.29, 0.717) is 11.4 Å². The summed E-state index contributed by atoms with van der Waals surface area (Å²) in [7, 11) is 0. The van der Waals surface area contributed by atoms with Gasteiger partial charge in [-0.15, -0.1) is 0 Å². The molecule has 0 saturated carbocycles. The van der Waals surface area contributed by atoms with Crippen molar-refractivity contribution in [1.29, 1.82) is 0 Å². The molecule has 0 fully saturated rings. The molecule has 0 atom stereocenters. The molecule has 0 radical (unpaired) electrons. The molecule has 2 aromatic rings. The highest BCUT2D eigenvalue weighted by atomic mass is 35.5. The van der Waals surface area contributed by atoms with Gasteiger partial charge < -0.3 is 10.6 Å². The lowest BCUT2D eigenvalue weighted by Crippen LogP contribution is -2.27. The van der Waals surface area contributed by atoms with Gasteiger partial charge in [0.2, 0.25) is 11.6 Å². The molecule has 1 aliphatic carbocycles. The van der Waals surface area contributed by atoms with Gasteiger partial charge in [0.1, 0.15) is 21.5 Å². The second-order valence-corrected chi connectivity index (χ2v) is 7.68. The van der Waals surface area contributed by atoms with Crippen molar-refractivity contribution >= 4 is 46.1 Å². The van der Waals surface area contributed by atoms with Gasteiger partial charge in [-0.1, -0.05) is 58.6 Å². The van der Waals surface area contributed by atoms with E-state index >= 15 is 0 Å². The van der Waals surface area contributed by atoms with Gasteiger partial charge >= 0.3 is 0 Å².